The van der Waals surface area contributed by atoms with Crippen molar-refractivity contribution in [2.75, 3.05) is 7.11 Å². The fourth-order valence-corrected chi connectivity index (χ4v) is 3.13. The summed E-state index contributed by atoms with van der Waals surface area (Å²) in [5.74, 6) is 0. The third kappa shape index (κ3) is 4.37. The summed E-state index contributed by atoms with van der Waals surface area (Å²) in [6, 6.07) is 14.6. The van der Waals surface area contributed by atoms with Crippen LogP contribution in [0.2, 0.25) is 0 Å². The molecule has 0 radical (unpaired) electrons. The summed E-state index contributed by atoms with van der Waals surface area (Å²) in [7, 11) is 1.76. The number of benzene rings is 1. The summed E-state index contributed by atoms with van der Waals surface area (Å²) in [5.41, 5.74) is 2.61. The smallest absolute Gasteiger partial charge is 0.128 e. The number of pyridine rings is 1. The van der Waals surface area contributed by atoms with Crippen molar-refractivity contribution < 1.29 is 4.74 Å². The molecule has 100 valence electrons. The fraction of sp³-hybridized carbons (Fsp3) is 0.312. The maximum atomic E-state index is 5.58. The van der Waals surface area contributed by atoms with Crippen LogP contribution in [0.25, 0.3) is 0 Å². The van der Waals surface area contributed by atoms with Crippen molar-refractivity contribution in [1.29, 1.82) is 0 Å². The number of rotatable bonds is 6. The Morgan fingerprint density at radius 1 is 1.11 bits per heavy atom. The zero-order valence-electron chi connectivity index (χ0n) is 11.3. The van der Waals surface area contributed by atoms with Crippen LogP contribution in [-0.4, -0.2) is 17.3 Å². The lowest BCUT2D eigenvalue weighted by Crippen LogP contribution is -2.07. The summed E-state index contributed by atoms with van der Waals surface area (Å²) in [6.07, 6.45) is 4.67. The highest BCUT2D eigenvalue weighted by Gasteiger charge is 2.15. The second-order valence-electron chi connectivity index (χ2n) is 4.48. The van der Waals surface area contributed by atoms with Gasteiger partial charge in [0.25, 0.3) is 0 Å². The van der Waals surface area contributed by atoms with Crippen LogP contribution in [0.15, 0.2) is 54.9 Å². The molecule has 1 aromatic heterocycles. The van der Waals surface area contributed by atoms with Crippen molar-refractivity contribution in [3.63, 3.8) is 0 Å². The SMILES string of the molecule is COC(SC(C)Cc1ccccc1)c1ccncc1. The molecule has 19 heavy (non-hydrogen) atoms. The lowest BCUT2D eigenvalue weighted by atomic mass is 10.1. The Balaban J connectivity index is 1.95. The summed E-state index contributed by atoms with van der Waals surface area (Å²) in [6.45, 7) is 2.24. The summed E-state index contributed by atoms with van der Waals surface area (Å²) < 4.78 is 5.58. The van der Waals surface area contributed by atoms with Gasteiger partial charge in [0, 0.05) is 24.8 Å². The van der Waals surface area contributed by atoms with Crippen molar-refractivity contribution in [3.05, 3.63) is 66.0 Å². The van der Waals surface area contributed by atoms with E-state index in [9.17, 15) is 0 Å². The van der Waals surface area contributed by atoms with Gasteiger partial charge in [-0.2, -0.15) is 0 Å². The summed E-state index contributed by atoms with van der Waals surface area (Å²) >= 11 is 1.84. The van der Waals surface area contributed by atoms with Crippen LogP contribution in [0, 0.1) is 0 Å². The van der Waals surface area contributed by atoms with Crippen LogP contribution >= 0.6 is 11.8 Å². The van der Waals surface area contributed by atoms with Crippen LogP contribution in [-0.2, 0) is 11.2 Å². The van der Waals surface area contributed by atoms with Gasteiger partial charge in [0.05, 0.1) is 0 Å². The molecule has 0 fully saturated rings. The zero-order valence-corrected chi connectivity index (χ0v) is 12.1. The first-order valence-corrected chi connectivity index (χ1v) is 7.36. The van der Waals surface area contributed by atoms with Gasteiger partial charge in [-0.25, -0.2) is 0 Å². The Labute approximate surface area is 119 Å². The molecule has 2 atom stereocenters. The maximum absolute atomic E-state index is 5.58. The van der Waals surface area contributed by atoms with Gasteiger partial charge in [0.15, 0.2) is 0 Å². The van der Waals surface area contributed by atoms with E-state index < -0.39 is 0 Å². The van der Waals surface area contributed by atoms with Gasteiger partial charge in [-0.15, -0.1) is 11.8 Å². The molecule has 0 saturated heterocycles. The molecule has 2 unspecified atom stereocenters. The maximum Gasteiger partial charge on any atom is 0.128 e. The first-order chi connectivity index (χ1) is 9.29. The van der Waals surface area contributed by atoms with E-state index in [0.29, 0.717) is 5.25 Å². The molecule has 0 amide bonds. The minimum absolute atomic E-state index is 0.0710. The van der Waals surface area contributed by atoms with E-state index in [1.807, 2.05) is 36.3 Å². The van der Waals surface area contributed by atoms with Crippen LogP contribution in [0.3, 0.4) is 0 Å². The van der Waals surface area contributed by atoms with Gasteiger partial charge in [-0.05, 0) is 29.7 Å². The molecular formula is C16H19NOS. The molecule has 1 aromatic carbocycles. The number of methoxy groups -OCH3 is 1. The van der Waals surface area contributed by atoms with E-state index in [1.54, 1.807) is 7.11 Å². The van der Waals surface area contributed by atoms with E-state index in [4.69, 9.17) is 4.74 Å². The molecule has 0 aliphatic rings. The number of hydrogen-bond donors (Lipinski definition) is 0. The zero-order chi connectivity index (χ0) is 13.5. The number of nitrogens with zero attached hydrogens (tertiary/aromatic N) is 1. The first-order valence-electron chi connectivity index (χ1n) is 6.41. The molecule has 0 saturated carbocycles. The monoisotopic (exact) mass is 273 g/mol. The molecule has 2 aromatic rings. The Bertz CT molecular complexity index is 475. The number of hydrogen-bond acceptors (Lipinski definition) is 3. The third-order valence-corrected chi connectivity index (χ3v) is 4.26. The van der Waals surface area contributed by atoms with Crippen LogP contribution < -0.4 is 0 Å². The van der Waals surface area contributed by atoms with Crippen molar-refractivity contribution in [1.82, 2.24) is 4.98 Å². The van der Waals surface area contributed by atoms with Gasteiger partial charge in [-0.3, -0.25) is 4.98 Å². The molecule has 1 heterocycles. The van der Waals surface area contributed by atoms with Crippen molar-refractivity contribution in [2.24, 2.45) is 0 Å². The molecule has 0 N–H and O–H groups in total. The van der Waals surface area contributed by atoms with Crippen molar-refractivity contribution in [2.45, 2.75) is 24.0 Å². The van der Waals surface area contributed by atoms with Gasteiger partial charge < -0.3 is 4.74 Å². The van der Waals surface area contributed by atoms with E-state index >= 15 is 0 Å². The molecule has 2 nitrogen and oxygen atoms in total. The Kier molecular flexibility index (Phi) is 5.43. The van der Waals surface area contributed by atoms with Crippen LogP contribution in [0.1, 0.15) is 23.5 Å². The Morgan fingerprint density at radius 3 is 2.42 bits per heavy atom. The van der Waals surface area contributed by atoms with Crippen LogP contribution in [0.5, 0.6) is 0 Å². The van der Waals surface area contributed by atoms with E-state index in [1.165, 1.54) is 11.1 Å². The van der Waals surface area contributed by atoms with Gasteiger partial charge in [0.1, 0.15) is 5.44 Å². The highest BCUT2D eigenvalue weighted by molar-refractivity contribution is 7.99. The average Bonchev–Trinajstić information content (AvgIpc) is 2.47. The molecule has 0 bridgehead atoms. The largest absolute Gasteiger partial charge is 0.366 e. The normalized spacial score (nSPS) is 14.0. The molecule has 0 spiro atoms. The Morgan fingerprint density at radius 2 is 1.79 bits per heavy atom. The highest BCUT2D eigenvalue weighted by Crippen LogP contribution is 2.33. The van der Waals surface area contributed by atoms with E-state index in [-0.39, 0.29) is 5.44 Å². The van der Waals surface area contributed by atoms with Gasteiger partial charge >= 0.3 is 0 Å². The summed E-state index contributed by atoms with van der Waals surface area (Å²) in [4.78, 5) is 4.04. The number of ether oxygens (including phenoxy) is 1. The first kappa shape index (κ1) is 14.1. The fourth-order valence-electron chi connectivity index (χ4n) is 2.00. The van der Waals surface area contributed by atoms with Crippen LogP contribution in [0.4, 0.5) is 0 Å². The molecule has 3 heteroatoms. The Hall–Kier alpha value is -1.32. The third-order valence-electron chi connectivity index (χ3n) is 2.91. The summed E-state index contributed by atoms with van der Waals surface area (Å²) in [5, 5.41) is 0.500. The quantitative estimate of drug-likeness (QED) is 0.740. The average molecular weight is 273 g/mol. The topological polar surface area (TPSA) is 22.1 Å². The van der Waals surface area contributed by atoms with E-state index in [2.05, 4.69) is 42.2 Å². The number of aromatic nitrogens is 1. The second-order valence-corrected chi connectivity index (χ2v) is 5.99. The lowest BCUT2D eigenvalue weighted by Gasteiger charge is -2.19. The predicted molar refractivity (Wildman–Crippen MR) is 81.2 cm³/mol. The lowest BCUT2D eigenvalue weighted by molar-refractivity contribution is 0.175. The second kappa shape index (κ2) is 7.31. The minimum Gasteiger partial charge on any atom is -0.366 e. The highest BCUT2D eigenvalue weighted by atomic mass is 32.2. The molecule has 2 rings (SSSR count). The molecular weight excluding hydrogens is 254 g/mol. The van der Waals surface area contributed by atoms with Crippen molar-refractivity contribution >= 4 is 11.8 Å². The standard InChI is InChI=1S/C16H19NOS/c1-13(12-14-6-4-3-5-7-14)19-16(18-2)15-8-10-17-11-9-15/h3-11,13,16H,12H2,1-2H3. The number of thioether (sulfide) groups is 1. The van der Waals surface area contributed by atoms with Gasteiger partial charge in [-0.1, -0.05) is 37.3 Å². The molecule has 0 aliphatic heterocycles. The predicted octanol–water partition coefficient (Wildman–Crippen LogP) is 4.09. The van der Waals surface area contributed by atoms with E-state index in [0.717, 1.165) is 6.42 Å². The minimum atomic E-state index is 0.0710. The molecule has 0 aliphatic carbocycles. The van der Waals surface area contributed by atoms with Gasteiger partial charge in [0.2, 0.25) is 0 Å². The van der Waals surface area contributed by atoms with Crippen molar-refractivity contribution in [3.8, 4) is 0 Å².